The van der Waals surface area contributed by atoms with Crippen molar-refractivity contribution >= 4 is 40.6 Å². The van der Waals surface area contributed by atoms with E-state index in [1.807, 2.05) is 46.8 Å². The van der Waals surface area contributed by atoms with Crippen LogP contribution in [0.15, 0.2) is 24.3 Å². The minimum Gasteiger partial charge on any atom is -0.395 e. The molecule has 1 heterocycles. The third-order valence-electron chi connectivity index (χ3n) is 4.63. The molecule has 0 aliphatic carbocycles. The van der Waals surface area contributed by atoms with Crippen LogP contribution >= 0.6 is 11.5 Å². The first-order valence-corrected chi connectivity index (χ1v) is 11.0. The molecule has 0 saturated heterocycles. The minimum absolute atomic E-state index is 0.0647. The van der Waals surface area contributed by atoms with Gasteiger partial charge in [-0.3, -0.25) is 19.3 Å². The van der Waals surface area contributed by atoms with E-state index in [4.69, 9.17) is 11.5 Å². The minimum atomic E-state index is -0.803. The second-order valence-corrected chi connectivity index (χ2v) is 9.32. The van der Waals surface area contributed by atoms with E-state index in [1.165, 1.54) is 4.90 Å². The van der Waals surface area contributed by atoms with E-state index >= 15 is 0 Å². The van der Waals surface area contributed by atoms with Crippen LogP contribution in [0.3, 0.4) is 0 Å². The third-order valence-corrected chi connectivity index (χ3v) is 5.48. The Morgan fingerprint density at radius 1 is 1.19 bits per heavy atom. The lowest BCUT2D eigenvalue weighted by atomic mass is 10.0. The molecule has 2 rings (SSSR count). The van der Waals surface area contributed by atoms with Crippen LogP contribution < -0.4 is 21.7 Å². The third kappa shape index (κ3) is 6.04. The fourth-order valence-corrected chi connectivity index (χ4v) is 3.85. The number of carbonyl (C=O) groups is 3. The summed E-state index contributed by atoms with van der Waals surface area (Å²) in [6, 6.07) is 6.58. The van der Waals surface area contributed by atoms with E-state index in [0.717, 1.165) is 29.9 Å². The molecule has 0 radical (unpaired) electrons. The van der Waals surface area contributed by atoms with Crippen molar-refractivity contribution in [3.05, 3.63) is 40.4 Å². The summed E-state index contributed by atoms with van der Waals surface area (Å²) in [6.07, 6.45) is 2.09. The number of rotatable bonds is 8. The van der Waals surface area contributed by atoms with Crippen molar-refractivity contribution in [2.45, 2.75) is 65.5 Å². The zero-order valence-corrected chi connectivity index (χ0v) is 19.5. The maximum absolute atomic E-state index is 13.6. The smallest absolute Gasteiger partial charge is 0.272 e. The Morgan fingerprint density at radius 3 is 2.29 bits per heavy atom. The van der Waals surface area contributed by atoms with Gasteiger partial charge in [0.15, 0.2) is 5.69 Å². The Bertz CT molecular complexity index is 947. The predicted octanol–water partition coefficient (Wildman–Crippen LogP) is 3.25. The van der Waals surface area contributed by atoms with E-state index in [1.54, 1.807) is 12.1 Å². The van der Waals surface area contributed by atoms with Gasteiger partial charge in [0.1, 0.15) is 10.9 Å². The van der Waals surface area contributed by atoms with Gasteiger partial charge < -0.3 is 16.8 Å². The van der Waals surface area contributed by atoms with Gasteiger partial charge in [0.25, 0.3) is 11.8 Å². The number of hydrogen-bond donors (Lipinski definition) is 3. The molecule has 2 aromatic rings. The molecule has 9 heteroatoms. The molecular weight excluding hydrogens is 414 g/mol. The Kier molecular flexibility index (Phi) is 7.78. The first kappa shape index (κ1) is 24.3. The summed E-state index contributed by atoms with van der Waals surface area (Å²) in [7, 11) is 0. The molecule has 0 aliphatic heterocycles. The zero-order valence-electron chi connectivity index (χ0n) is 18.7. The molecule has 8 nitrogen and oxygen atoms in total. The normalized spacial score (nSPS) is 12.3. The number of anilines is 2. The average molecular weight is 446 g/mol. The van der Waals surface area contributed by atoms with Crippen LogP contribution in [-0.4, -0.2) is 33.7 Å². The molecule has 1 aromatic heterocycles. The Morgan fingerprint density at radius 2 is 1.81 bits per heavy atom. The summed E-state index contributed by atoms with van der Waals surface area (Å²) in [5.74, 6) is -1.55. The van der Waals surface area contributed by atoms with Crippen LogP contribution in [0.25, 0.3) is 0 Å². The summed E-state index contributed by atoms with van der Waals surface area (Å²) in [5.41, 5.74) is 12.3. The number of aromatic nitrogens is 1. The molecule has 1 aromatic carbocycles. The molecule has 0 bridgehead atoms. The summed E-state index contributed by atoms with van der Waals surface area (Å²) < 4.78 is 3.95. The van der Waals surface area contributed by atoms with Crippen LogP contribution in [0.4, 0.5) is 11.4 Å². The Labute approximate surface area is 187 Å². The number of amides is 3. The molecule has 3 amide bonds. The highest BCUT2D eigenvalue weighted by atomic mass is 32.1. The monoisotopic (exact) mass is 445 g/mol. The van der Waals surface area contributed by atoms with Crippen LogP contribution in [0.5, 0.6) is 0 Å². The van der Waals surface area contributed by atoms with E-state index in [9.17, 15) is 14.4 Å². The second kappa shape index (κ2) is 9.91. The lowest BCUT2D eigenvalue weighted by Gasteiger charge is -2.33. The van der Waals surface area contributed by atoms with E-state index in [-0.39, 0.29) is 22.2 Å². The first-order valence-electron chi connectivity index (χ1n) is 10.2. The topological polar surface area (TPSA) is 131 Å². The number of carbonyl (C=O) groups excluding carboxylic acids is 3. The van der Waals surface area contributed by atoms with Crippen LogP contribution in [0.1, 0.15) is 72.7 Å². The van der Waals surface area contributed by atoms with Crippen molar-refractivity contribution in [1.29, 1.82) is 0 Å². The van der Waals surface area contributed by atoms with E-state index in [2.05, 4.69) is 9.69 Å². The van der Waals surface area contributed by atoms with Gasteiger partial charge in [-0.2, -0.15) is 4.37 Å². The molecule has 0 saturated carbocycles. The van der Waals surface area contributed by atoms with E-state index in [0.29, 0.717) is 12.1 Å². The van der Waals surface area contributed by atoms with Gasteiger partial charge in [0.2, 0.25) is 5.91 Å². The summed E-state index contributed by atoms with van der Waals surface area (Å²) in [5, 5.41) is 2.98. The number of hydrogen-bond acceptors (Lipinski definition) is 6. The zero-order chi connectivity index (χ0) is 23.3. The second-order valence-electron chi connectivity index (χ2n) is 8.55. The maximum atomic E-state index is 13.6. The van der Waals surface area contributed by atoms with Gasteiger partial charge in [0, 0.05) is 11.2 Å². The summed E-state index contributed by atoms with van der Waals surface area (Å²) in [4.78, 5) is 40.0. The standard InChI is InChI=1S/C22H31N5O3S/c1-6-7-8-15(20(29)25-22(3,4)5)27(14-11-9-13(2)10-12-14)21(30)18-16(23)17(19(24)28)26-31-18/h9-12,15H,6-8,23H2,1-5H3,(H2,24,28)(H,25,29)/t15-/m1/s1. The Balaban J connectivity index is 2.58. The lowest BCUT2D eigenvalue weighted by molar-refractivity contribution is -0.123. The number of benzene rings is 1. The molecule has 0 aliphatic rings. The van der Waals surface area contributed by atoms with Crippen molar-refractivity contribution in [3.63, 3.8) is 0 Å². The van der Waals surface area contributed by atoms with Crippen molar-refractivity contribution in [2.75, 3.05) is 10.6 Å². The van der Waals surface area contributed by atoms with Crippen molar-refractivity contribution in [2.24, 2.45) is 5.73 Å². The highest BCUT2D eigenvalue weighted by Gasteiger charge is 2.35. The van der Waals surface area contributed by atoms with Crippen LogP contribution in [0.2, 0.25) is 0 Å². The fourth-order valence-electron chi connectivity index (χ4n) is 3.11. The molecule has 5 N–H and O–H groups in total. The number of primary amides is 1. The highest BCUT2D eigenvalue weighted by molar-refractivity contribution is 7.09. The number of nitrogens with zero attached hydrogens (tertiary/aromatic N) is 2. The largest absolute Gasteiger partial charge is 0.395 e. The SMILES string of the molecule is CCCC[C@H](C(=O)NC(C)(C)C)N(C(=O)c1snc(C(N)=O)c1N)c1ccc(C)cc1. The van der Waals surface area contributed by atoms with Crippen molar-refractivity contribution < 1.29 is 14.4 Å². The number of aryl methyl sites for hydroxylation is 1. The lowest BCUT2D eigenvalue weighted by Crippen LogP contribution is -2.54. The van der Waals surface area contributed by atoms with Gasteiger partial charge in [-0.25, -0.2) is 0 Å². The maximum Gasteiger partial charge on any atom is 0.272 e. The number of nitrogens with two attached hydrogens (primary N) is 2. The molecular formula is C22H31N5O3S. The Hall–Kier alpha value is -2.94. The average Bonchev–Trinajstić information content (AvgIpc) is 3.06. The number of unbranched alkanes of at least 4 members (excludes halogenated alkanes) is 1. The van der Waals surface area contributed by atoms with Crippen molar-refractivity contribution in [3.8, 4) is 0 Å². The van der Waals surface area contributed by atoms with Crippen LogP contribution in [-0.2, 0) is 4.79 Å². The van der Waals surface area contributed by atoms with Gasteiger partial charge in [-0.1, -0.05) is 37.5 Å². The molecule has 0 unspecified atom stereocenters. The predicted molar refractivity (Wildman–Crippen MR) is 124 cm³/mol. The molecule has 31 heavy (non-hydrogen) atoms. The number of nitrogen functional groups attached to an aromatic ring is 1. The van der Waals surface area contributed by atoms with Crippen molar-refractivity contribution in [1.82, 2.24) is 9.69 Å². The quantitative estimate of drug-likeness (QED) is 0.574. The van der Waals surface area contributed by atoms with Crippen LogP contribution in [0, 0.1) is 6.92 Å². The first-order chi connectivity index (χ1) is 14.5. The fraction of sp³-hybridized carbons (Fsp3) is 0.455. The number of nitrogens with one attached hydrogen (secondary N) is 1. The highest BCUT2D eigenvalue weighted by Crippen LogP contribution is 2.29. The molecule has 1 atom stereocenters. The summed E-state index contributed by atoms with van der Waals surface area (Å²) in [6.45, 7) is 9.63. The van der Waals surface area contributed by atoms with Gasteiger partial charge in [-0.15, -0.1) is 0 Å². The van der Waals surface area contributed by atoms with E-state index < -0.39 is 23.4 Å². The van der Waals surface area contributed by atoms with Gasteiger partial charge in [0.05, 0.1) is 5.69 Å². The molecule has 168 valence electrons. The molecule has 0 spiro atoms. The summed E-state index contributed by atoms with van der Waals surface area (Å²) >= 11 is 0.806. The van der Waals surface area contributed by atoms with Gasteiger partial charge >= 0.3 is 0 Å². The molecule has 0 fully saturated rings. The van der Waals surface area contributed by atoms with Gasteiger partial charge in [-0.05, 0) is 57.8 Å².